The SMILES string of the molecule is C#CCC(COc1cc2c(cc1OC)C(=O)N1CC(=C)CC1C=N2)COc1cc2c(cc1OC)C(=O)N1CC(=C)CC1C=N2. The number of aliphatic imine (C=N–C) groups is 2. The van der Waals surface area contributed by atoms with E-state index in [0.717, 1.165) is 11.1 Å². The number of ether oxygens (including phenoxy) is 4. The van der Waals surface area contributed by atoms with E-state index in [0.29, 0.717) is 77.9 Å². The lowest BCUT2D eigenvalue weighted by Crippen LogP contribution is -2.35. The third kappa shape index (κ3) is 5.41. The molecule has 4 aliphatic rings. The summed E-state index contributed by atoms with van der Waals surface area (Å²) in [5.74, 6) is 4.00. The van der Waals surface area contributed by atoms with Crippen LogP contribution in [0.5, 0.6) is 23.0 Å². The standard InChI is InChI=1S/C34H34N4O6/c1-6-7-22(18-43-31-12-27-25(10-29(31)41-4)33(39)37-16-20(2)8-23(37)14-35-27)19-44-32-13-28-26(11-30(32)42-5)34(40)38-17-21(3)9-24(38)15-36-28/h1,10-15,22-24H,2-3,7-9,16-19H2,4-5H3. The maximum Gasteiger partial charge on any atom is 0.257 e. The molecule has 0 aliphatic carbocycles. The largest absolute Gasteiger partial charge is 0.493 e. The number of carbonyl (C=O) groups excluding carboxylic acids is 2. The number of hydrogen-bond acceptors (Lipinski definition) is 8. The Bertz CT molecular complexity index is 1540. The lowest BCUT2D eigenvalue weighted by molar-refractivity contribution is 0.0770. The van der Waals surface area contributed by atoms with Gasteiger partial charge in [0.25, 0.3) is 11.8 Å². The van der Waals surface area contributed by atoms with Crippen LogP contribution in [0.15, 0.2) is 58.6 Å². The Kier molecular flexibility index (Phi) is 7.87. The molecule has 0 radical (unpaired) electrons. The first-order valence-corrected chi connectivity index (χ1v) is 14.5. The average molecular weight is 595 g/mol. The second-order valence-electron chi connectivity index (χ2n) is 11.4. The molecule has 0 spiro atoms. The highest BCUT2D eigenvalue weighted by Gasteiger charge is 2.35. The van der Waals surface area contributed by atoms with Crippen molar-refractivity contribution in [3.05, 3.63) is 59.7 Å². The summed E-state index contributed by atoms with van der Waals surface area (Å²) in [6.45, 7) is 9.52. The number of benzene rings is 2. The van der Waals surface area contributed by atoms with Crippen molar-refractivity contribution in [2.24, 2.45) is 15.9 Å². The molecule has 44 heavy (non-hydrogen) atoms. The molecule has 2 aromatic rings. The molecule has 2 saturated heterocycles. The van der Waals surface area contributed by atoms with Gasteiger partial charge in [0.15, 0.2) is 23.0 Å². The van der Waals surface area contributed by atoms with Crippen molar-refractivity contribution < 1.29 is 28.5 Å². The van der Waals surface area contributed by atoms with Gasteiger partial charge in [0.2, 0.25) is 0 Å². The van der Waals surface area contributed by atoms with Gasteiger partial charge in [0.1, 0.15) is 0 Å². The van der Waals surface area contributed by atoms with Gasteiger partial charge in [-0.3, -0.25) is 19.6 Å². The van der Waals surface area contributed by atoms with Crippen molar-refractivity contribution in [1.82, 2.24) is 9.80 Å². The molecular weight excluding hydrogens is 560 g/mol. The molecule has 2 amide bonds. The summed E-state index contributed by atoms with van der Waals surface area (Å²) in [4.78, 5) is 39.3. The number of terminal acetylenes is 1. The zero-order valence-electron chi connectivity index (χ0n) is 24.9. The number of nitrogens with zero attached hydrogens (tertiary/aromatic N) is 4. The lowest BCUT2D eigenvalue weighted by Gasteiger charge is -2.21. The van der Waals surface area contributed by atoms with Crippen molar-refractivity contribution in [1.29, 1.82) is 0 Å². The Morgan fingerprint density at radius 3 is 1.68 bits per heavy atom. The first kappa shape index (κ1) is 29.1. The molecule has 10 heteroatoms. The van der Waals surface area contributed by atoms with Gasteiger partial charge in [-0.1, -0.05) is 24.3 Å². The number of rotatable bonds is 9. The fraction of sp³-hybridized carbons (Fsp3) is 0.353. The molecule has 2 atom stereocenters. The summed E-state index contributed by atoms with van der Waals surface area (Å²) in [6, 6.07) is 6.56. The summed E-state index contributed by atoms with van der Waals surface area (Å²) in [5, 5.41) is 0. The van der Waals surface area contributed by atoms with Gasteiger partial charge >= 0.3 is 0 Å². The third-order valence-electron chi connectivity index (χ3n) is 8.26. The van der Waals surface area contributed by atoms with Crippen molar-refractivity contribution in [2.45, 2.75) is 31.3 Å². The van der Waals surface area contributed by atoms with Crippen molar-refractivity contribution >= 4 is 35.6 Å². The van der Waals surface area contributed by atoms with Crippen LogP contribution in [0.25, 0.3) is 0 Å². The molecule has 226 valence electrons. The van der Waals surface area contributed by atoms with E-state index < -0.39 is 0 Å². The molecule has 0 bridgehead atoms. The van der Waals surface area contributed by atoms with E-state index in [-0.39, 0.29) is 43.0 Å². The highest BCUT2D eigenvalue weighted by molar-refractivity contribution is 6.04. The third-order valence-corrected chi connectivity index (χ3v) is 8.26. The van der Waals surface area contributed by atoms with Gasteiger partial charge in [0.05, 0.1) is 62.0 Å². The lowest BCUT2D eigenvalue weighted by atomic mass is 10.1. The van der Waals surface area contributed by atoms with Crippen LogP contribution in [0, 0.1) is 18.3 Å². The second-order valence-corrected chi connectivity index (χ2v) is 11.4. The van der Waals surface area contributed by atoms with Crippen molar-refractivity contribution in [2.75, 3.05) is 40.5 Å². The highest BCUT2D eigenvalue weighted by Crippen LogP contribution is 2.40. The van der Waals surface area contributed by atoms with Crippen LogP contribution in [0.4, 0.5) is 11.4 Å². The summed E-state index contributed by atoms with van der Waals surface area (Å²) >= 11 is 0. The van der Waals surface area contributed by atoms with Crippen LogP contribution >= 0.6 is 0 Å². The van der Waals surface area contributed by atoms with E-state index in [4.69, 9.17) is 25.4 Å². The molecule has 10 nitrogen and oxygen atoms in total. The molecule has 6 rings (SSSR count). The quantitative estimate of drug-likeness (QED) is 0.306. The van der Waals surface area contributed by atoms with Crippen LogP contribution in [0.1, 0.15) is 40.0 Å². The fourth-order valence-electron chi connectivity index (χ4n) is 5.96. The normalized spacial score (nSPS) is 20.7. The monoisotopic (exact) mass is 594 g/mol. The van der Waals surface area contributed by atoms with E-state index >= 15 is 0 Å². The molecule has 2 aromatic carbocycles. The average Bonchev–Trinajstić information content (AvgIpc) is 3.53. The Hall–Kier alpha value is -5.04. The van der Waals surface area contributed by atoms with Gasteiger partial charge in [-0.05, 0) is 25.0 Å². The summed E-state index contributed by atoms with van der Waals surface area (Å²) in [5.41, 5.74) is 3.95. The van der Waals surface area contributed by atoms with E-state index in [9.17, 15) is 9.59 Å². The number of amides is 2. The number of methoxy groups -OCH3 is 2. The maximum absolute atomic E-state index is 13.3. The Labute approximate surface area is 256 Å². The molecule has 0 saturated carbocycles. The Morgan fingerprint density at radius 1 is 0.818 bits per heavy atom. The maximum atomic E-state index is 13.3. The van der Waals surface area contributed by atoms with Gasteiger partial charge < -0.3 is 28.7 Å². The number of fused-ring (bicyclic) bond motifs is 4. The summed E-state index contributed by atoms with van der Waals surface area (Å²) in [7, 11) is 3.06. The molecular formula is C34H34N4O6. The van der Waals surface area contributed by atoms with Gasteiger partial charge in [-0.25, -0.2) is 0 Å². The van der Waals surface area contributed by atoms with Crippen LogP contribution in [-0.4, -0.2) is 86.6 Å². The smallest absolute Gasteiger partial charge is 0.257 e. The van der Waals surface area contributed by atoms with Gasteiger partial charge in [-0.15, -0.1) is 12.3 Å². The molecule has 0 aromatic heterocycles. The van der Waals surface area contributed by atoms with Crippen molar-refractivity contribution in [3.63, 3.8) is 0 Å². The topological polar surface area (TPSA) is 102 Å². The van der Waals surface area contributed by atoms with E-state index in [2.05, 4.69) is 29.1 Å². The minimum Gasteiger partial charge on any atom is -0.493 e. The van der Waals surface area contributed by atoms with E-state index in [1.54, 1.807) is 46.5 Å². The first-order chi connectivity index (χ1) is 21.3. The van der Waals surface area contributed by atoms with E-state index in [1.165, 1.54) is 14.2 Å². The Balaban J connectivity index is 1.18. The molecule has 2 fully saturated rings. The Morgan fingerprint density at radius 2 is 1.27 bits per heavy atom. The van der Waals surface area contributed by atoms with E-state index in [1.807, 2.05) is 0 Å². The predicted molar refractivity (Wildman–Crippen MR) is 167 cm³/mol. The summed E-state index contributed by atoms with van der Waals surface area (Å²) < 4.78 is 23.6. The van der Waals surface area contributed by atoms with Gasteiger partial charge in [0, 0.05) is 50.0 Å². The highest BCUT2D eigenvalue weighted by atomic mass is 16.5. The van der Waals surface area contributed by atoms with Crippen LogP contribution in [0.2, 0.25) is 0 Å². The zero-order valence-corrected chi connectivity index (χ0v) is 24.9. The first-order valence-electron chi connectivity index (χ1n) is 14.5. The van der Waals surface area contributed by atoms with Crippen LogP contribution in [0.3, 0.4) is 0 Å². The summed E-state index contributed by atoms with van der Waals surface area (Å²) in [6.07, 6.45) is 11.1. The van der Waals surface area contributed by atoms with Gasteiger partial charge in [-0.2, -0.15) is 0 Å². The predicted octanol–water partition coefficient (Wildman–Crippen LogP) is 4.77. The number of carbonyl (C=O) groups is 2. The van der Waals surface area contributed by atoms with Crippen LogP contribution in [-0.2, 0) is 0 Å². The minimum absolute atomic E-state index is 0.110. The number of hydrogen-bond donors (Lipinski definition) is 0. The fourth-order valence-corrected chi connectivity index (χ4v) is 5.96. The second kappa shape index (κ2) is 11.9. The zero-order chi connectivity index (χ0) is 31.0. The van der Waals surface area contributed by atoms with Crippen molar-refractivity contribution in [3.8, 4) is 35.3 Å². The molecule has 4 heterocycles. The van der Waals surface area contributed by atoms with Crippen LogP contribution < -0.4 is 18.9 Å². The molecule has 2 unspecified atom stereocenters. The minimum atomic E-state index is -0.199. The molecule has 4 aliphatic heterocycles. The molecule has 0 N–H and O–H groups in total.